The molecule has 0 saturated heterocycles. The molecule has 1 atom stereocenters. The van der Waals surface area contributed by atoms with Crippen LogP contribution in [0.25, 0.3) is 0 Å². The van der Waals surface area contributed by atoms with Gasteiger partial charge < -0.3 is 4.74 Å². The van der Waals surface area contributed by atoms with Gasteiger partial charge in [0, 0.05) is 6.04 Å². The number of aryl methyl sites for hydroxylation is 1. The summed E-state index contributed by atoms with van der Waals surface area (Å²) in [5.41, 5.74) is 3.74. The summed E-state index contributed by atoms with van der Waals surface area (Å²) in [6.45, 7) is 0.506. The van der Waals surface area contributed by atoms with Crippen molar-refractivity contribution in [3.05, 3.63) is 29.3 Å². The minimum absolute atomic E-state index is 0.191. The minimum Gasteiger partial charge on any atom is -0.409 e. The van der Waals surface area contributed by atoms with E-state index in [9.17, 15) is 4.79 Å². The second-order valence-corrected chi connectivity index (χ2v) is 4.04. The van der Waals surface area contributed by atoms with Gasteiger partial charge in [-0.3, -0.25) is 10.5 Å². The fourth-order valence-electron chi connectivity index (χ4n) is 2.17. The molecule has 1 amide bonds. The van der Waals surface area contributed by atoms with Crippen molar-refractivity contribution in [2.75, 3.05) is 6.54 Å². The van der Waals surface area contributed by atoms with Crippen LogP contribution in [-0.4, -0.2) is 17.8 Å². The van der Waals surface area contributed by atoms with E-state index < -0.39 is 6.09 Å². The Morgan fingerprint density at radius 3 is 3.17 bits per heavy atom. The topological polar surface area (TPSA) is 70.6 Å². The van der Waals surface area contributed by atoms with Crippen LogP contribution in [0.1, 0.15) is 23.6 Å². The molecule has 2 rings (SSSR count). The summed E-state index contributed by atoms with van der Waals surface area (Å²) in [5.74, 6) is 2.94. The van der Waals surface area contributed by atoms with E-state index in [-0.39, 0.29) is 6.04 Å². The van der Waals surface area contributed by atoms with Gasteiger partial charge in [0.2, 0.25) is 0 Å². The number of nitrogens with one attached hydrogen (secondary N) is 2. The van der Waals surface area contributed by atoms with Crippen LogP contribution in [0.2, 0.25) is 0 Å². The maximum Gasteiger partial charge on any atom is 0.436 e. The van der Waals surface area contributed by atoms with Crippen LogP contribution in [-0.2, 0) is 6.42 Å². The first-order valence-corrected chi connectivity index (χ1v) is 5.66. The molecule has 0 aromatic heterocycles. The molecule has 1 aromatic rings. The molecule has 0 aliphatic heterocycles. The van der Waals surface area contributed by atoms with Crippen molar-refractivity contribution in [3.63, 3.8) is 0 Å². The van der Waals surface area contributed by atoms with Gasteiger partial charge in [-0.2, -0.15) is 0 Å². The van der Waals surface area contributed by atoms with Crippen molar-refractivity contribution >= 4 is 6.09 Å². The van der Waals surface area contributed by atoms with Crippen LogP contribution < -0.4 is 15.5 Å². The molecule has 0 spiro atoms. The molecule has 0 bridgehead atoms. The fourth-order valence-corrected chi connectivity index (χ4v) is 2.17. The number of fused-ring (bicyclic) bond motifs is 1. The predicted octanol–water partition coefficient (Wildman–Crippen LogP) is 1.37. The summed E-state index contributed by atoms with van der Waals surface area (Å²) >= 11 is 0. The highest BCUT2D eigenvalue weighted by Crippen LogP contribution is 2.33. The molecule has 18 heavy (non-hydrogen) atoms. The van der Waals surface area contributed by atoms with E-state index in [4.69, 9.17) is 16.4 Å². The predicted molar refractivity (Wildman–Crippen MR) is 65.3 cm³/mol. The summed E-state index contributed by atoms with van der Waals surface area (Å²) in [6, 6.07) is 5.62. The van der Waals surface area contributed by atoms with Crippen molar-refractivity contribution < 1.29 is 14.7 Å². The molecule has 0 radical (unpaired) electrons. The lowest BCUT2D eigenvalue weighted by molar-refractivity contribution is 0.127. The molecule has 5 nitrogen and oxygen atoms in total. The Bertz CT molecular complexity index is 493. The molecule has 94 valence electrons. The van der Waals surface area contributed by atoms with Crippen LogP contribution >= 0.6 is 0 Å². The maximum absolute atomic E-state index is 10.9. The third-order valence-electron chi connectivity index (χ3n) is 2.95. The highest BCUT2D eigenvalue weighted by Gasteiger charge is 2.22. The van der Waals surface area contributed by atoms with Crippen LogP contribution in [0.5, 0.6) is 5.75 Å². The Kier molecular flexibility index (Phi) is 3.82. The van der Waals surface area contributed by atoms with Crippen molar-refractivity contribution in [1.29, 1.82) is 0 Å². The first kappa shape index (κ1) is 12.4. The third-order valence-corrected chi connectivity index (χ3v) is 2.95. The molecule has 5 heteroatoms. The lowest BCUT2D eigenvalue weighted by Crippen LogP contribution is -2.23. The minimum atomic E-state index is -0.902. The summed E-state index contributed by atoms with van der Waals surface area (Å²) in [4.78, 5) is 10.9. The molecule has 0 heterocycles. The van der Waals surface area contributed by atoms with E-state index in [0.717, 1.165) is 18.4 Å². The van der Waals surface area contributed by atoms with Gasteiger partial charge in [0.15, 0.2) is 0 Å². The largest absolute Gasteiger partial charge is 0.436 e. The molecular formula is C13H14N2O3. The Hall–Kier alpha value is -2.03. The van der Waals surface area contributed by atoms with Gasteiger partial charge in [0.25, 0.3) is 0 Å². The average Bonchev–Trinajstić information content (AvgIpc) is 2.78. The quantitative estimate of drug-likeness (QED) is 0.428. The molecule has 1 aromatic carbocycles. The lowest BCUT2D eigenvalue weighted by atomic mass is 10.1. The van der Waals surface area contributed by atoms with Crippen LogP contribution in [0.15, 0.2) is 18.2 Å². The number of carbonyl (C=O) groups is 1. The highest BCUT2D eigenvalue weighted by atomic mass is 16.6. The molecule has 1 aliphatic carbocycles. The number of hydroxylamine groups is 1. The van der Waals surface area contributed by atoms with E-state index in [2.05, 4.69) is 11.2 Å². The lowest BCUT2D eigenvalue weighted by Gasteiger charge is -2.12. The third kappa shape index (κ3) is 2.62. The molecule has 1 aliphatic rings. The number of ether oxygens (including phenoxy) is 1. The molecule has 0 fully saturated rings. The summed E-state index contributed by atoms with van der Waals surface area (Å²) in [6.07, 6.45) is 6.28. The molecule has 0 unspecified atom stereocenters. The Morgan fingerprint density at radius 2 is 2.44 bits per heavy atom. The van der Waals surface area contributed by atoms with Crippen LogP contribution in [0.4, 0.5) is 4.79 Å². The summed E-state index contributed by atoms with van der Waals surface area (Å²) in [5, 5.41) is 11.6. The number of amides is 1. The van der Waals surface area contributed by atoms with Gasteiger partial charge in [-0.25, -0.2) is 10.3 Å². The number of terminal acetylenes is 1. The van der Waals surface area contributed by atoms with Gasteiger partial charge >= 0.3 is 6.09 Å². The second-order valence-electron chi connectivity index (χ2n) is 4.04. The normalized spacial score (nSPS) is 16.8. The summed E-state index contributed by atoms with van der Waals surface area (Å²) < 4.78 is 4.87. The van der Waals surface area contributed by atoms with Gasteiger partial charge in [-0.05, 0) is 36.1 Å². The number of hydrogen-bond donors (Lipinski definition) is 3. The number of benzene rings is 1. The number of carbonyl (C=O) groups excluding carboxylic acids is 1. The number of hydrogen-bond acceptors (Lipinski definition) is 4. The zero-order chi connectivity index (χ0) is 13.0. The first-order valence-electron chi connectivity index (χ1n) is 5.66. The monoisotopic (exact) mass is 246 g/mol. The van der Waals surface area contributed by atoms with Crippen molar-refractivity contribution in [3.8, 4) is 18.1 Å². The van der Waals surface area contributed by atoms with Crippen LogP contribution in [0, 0.1) is 12.3 Å². The Labute approximate surface area is 105 Å². The van der Waals surface area contributed by atoms with E-state index in [1.54, 1.807) is 12.1 Å². The van der Waals surface area contributed by atoms with Gasteiger partial charge in [0.05, 0.1) is 6.54 Å². The van der Waals surface area contributed by atoms with Crippen molar-refractivity contribution in [2.24, 2.45) is 0 Å². The molecular weight excluding hydrogens is 232 g/mol. The summed E-state index contributed by atoms with van der Waals surface area (Å²) in [7, 11) is 0. The maximum atomic E-state index is 10.9. The second kappa shape index (κ2) is 5.54. The molecule has 0 saturated carbocycles. The van der Waals surface area contributed by atoms with E-state index >= 15 is 0 Å². The fraction of sp³-hybridized carbons (Fsp3) is 0.308. The van der Waals surface area contributed by atoms with Gasteiger partial charge in [-0.15, -0.1) is 6.42 Å². The number of rotatable bonds is 3. The van der Waals surface area contributed by atoms with Gasteiger partial charge in [0.1, 0.15) is 5.75 Å². The first-order chi connectivity index (χ1) is 8.74. The van der Waals surface area contributed by atoms with Crippen molar-refractivity contribution in [2.45, 2.75) is 18.9 Å². The standard InChI is InChI=1S/C13H14N2O3/c1-2-7-14-12-6-4-9-3-5-10(8-11(9)12)18-13(16)15-17/h1,3,5,8,12,14,17H,4,6-7H2,(H,15,16)/t12-/m0/s1. The highest BCUT2D eigenvalue weighted by molar-refractivity contribution is 5.69. The zero-order valence-corrected chi connectivity index (χ0v) is 9.77. The van der Waals surface area contributed by atoms with E-state index in [1.165, 1.54) is 11.0 Å². The van der Waals surface area contributed by atoms with Crippen LogP contribution in [0.3, 0.4) is 0 Å². The van der Waals surface area contributed by atoms with Crippen molar-refractivity contribution in [1.82, 2.24) is 10.8 Å². The Morgan fingerprint density at radius 1 is 1.61 bits per heavy atom. The zero-order valence-electron chi connectivity index (χ0n) is 9.77. The SMILES string of the molecule is C#CCN[C@H]1CCc2ccc(OC(=O)NO)cc21. The molecule has 3 N–H and O–H groups in total. The smallest absolute Gasteiger partial charge is 0.409 e. The van der Waals surface area contributed by atoms with Gasteiger partial charge in [-0.1, -0.05) is 12.0 Å². The average molecular weight is 246 g/mol. The Balaban J connectivity index is 2.15. The van der Waals surface area contributed by atoms with E-state index in [1.807, 2.05) is 6.07 Å². The van der Waals surface area contributed by atoms with E-state index in [0.29, 0.717) is 12.3 Å².